The molecule has 0 bridgehead atoms. The van der Waals surface area contributed by atoms with Gasteiger partial charge in [-0.25, -0.2) is 4.79 Å². The van der Waals surface area contributed by atoms with Gasteiger partial charge in [0.2, 0.25) is 12.7 Å². The number of hydrogen-bond acceptors (Lipinski definition) is 5. The third kappa shape index (κ3) is 5.16. The zero-order valence-corrected chi connectivity index (χ0v) is 15.9. The molecule has 1 aliphatic heterocycles. The summed E-state index contributed by atoms with van der Waals surface area (Å²) in [6.45, 7) is 4.40. The van der Waals surface area contributed by atoms with Gasteiger partial charge in [-0.3, -0.25) is 4.79 Å². The number of amides is 2. The number of nitrogens with one attached hydrogen (secondary N) is 2. The molecule has 1 aliphatic rings. The highest BCUT2D eigenvalue weighted by molar-refractivity contribution is 5.85. The molecule has 1 heterocycles. The minimum atomic E-state index is -0.697. The predicted octanol–water partition coefficient (Wildman–Crippen LogP) is 2.98. The topological polar surface area (TPSA) is 85.9 Å². The summed E-state index contributed by atoms with van der Waals surface area (Å²) >= 11 is 0. The summed E-state index contributed by atoms with van der Waals surface area (Å²) in [5.41, 5.74) is 1.76. The van der Waals surface area contributed by atoms with Gasteiger partial charge >= 0.3 is 6.09 Å². The van der Waals surface area contributed by atoms with Crippen molar-refractivity contribution < 1.29 is 23.8 Å². The Bertz CT molecular complexity index is 823. The number of fused-ring (bicyclic) bond motifs is 1. The SMILES string of the molecule is CC(C)[C@H](NC(=O)OCc1ccccc1)C(=O)NCc1ccc2c(c1)OCO2. The van der Waals surface area contributed by atoms with Crippen molar-refractivity contribution in [2.24, 2.45) is 5.92 Å². The van der Waals surface area contributed by atoms with Gasteiger partial charge in [-0.1, -0.05) is 50.2 Å². The van der Waals surface area contributed by atoms with Crippen LogP contribution >= 0.6 is 0 Å². The monoisotopic (exact) mass is 384 g/mol. The maximum atomic E-state index is 12.6. The number of rotatable bonds is 7. The van der Waals surface area contributed by atoms with Crippen LogP contribution in [-0.2, 0) is 22.7 Å². The summed E-state index contributed by atoms with van der Waals surface area (Å²) in [5.74, 6) is 0.984. The number of alkyl carbamates (subject to hydrolysis) is 1. The van der Waals surface area contributed by atoms with E-state index >= 15 is 0 Å². The Labute approximate surface area is 164 Å². The van der Waals surface area contributed by atoms with Crippen LogP contribution < -0.4 is 20.1 Å². The Hall–Kier alpha value is -3.22. The zero-order valence-electron chi connectivity index (χ0n) is 15.9. The Morgan fingerprint density at radius 1 is 1.04 bits per heavy atom. The van der Waals surface area contributed by atoms with Crippen LogP contribution in [0.4, 0.5) is 4.79 Å². The highest BCUT2D eigenvalue weighted by Gasteiger charge is 2.25. The van der Waals surface area contributed by atoms with Crippen LogP contribution in [0.3, 0.4) is 0 Å². The van der Waals surface area contributed by atoms with Crippen molar-refractivity contribution in [2.45, 2.75) is 33.0 Å². The maximum absolute atomic E-state index is 12.6. The van der Waals surface area contributed by atoms with Crippen molar-refractivity contribution in [3.05, 3.63) is 59.7 Å². The normalized spacial score (nSPS) is 13.1. The van der Waals surface area contributed by atoms with Gasteiger partial charge in [0.05, 0.1) is 0 Å². The van der Waals surface area contributed by atoms with E-state index < -0.39 is 12.1 Å². The van der Waals surface area contributed by atoms with E-state index in [1.165, 1.54) is 0 Å². The van der Waals surface area contributed by atoms with Crippen LogP contribution in [0.2, 0.25) is 0 Å². The fraction of sp³-hybridized carbons (Fsp3) is 0.333. The largest absolute Gasteiger partial charge is 0.454 e. The number of hydrogen-bond donors (Lipinski definition) is 2. The van der Waals surface area contributed by atoms with Crippen LogP contribution in [0.5, 0.6) is 11.5 Å². The fourth-order valence-electron chi connectivity index (χ4n) is 2.78. The number of benzene rings is 2. The molecule has 7 heteroatoms. The van der Waals surface area contributed by atoms with E-state index in [0.29, 0.717) is 18.0 Å². The quantitative estimate of drug-likeness (QED) is 0.767. The average Bonchev–Trinajstić information content (AvgIpc) is 3.17. The van der Waals surface area contributed by atoms with Crippen molar-refractivity contribution in [1.29, 1.82) is 0 Å². The summed E-state index contributed by atoms with van der Waals surface area (Å²) in [6, 6.07) is 14.2. The van der Waals surface area contributed by atoms with Gasteiger partial charge in [-0.05, 0) is 29.2 Å². The number of carbonyl (C=O) groups excluding carboxylic acids is 2. The standard InChI is InChI=1S/C21H24N2O5/c1-14(2)19(23-21(25)26-12-15-6-4-3-5-7-15)20(24)22-11-16-8-9-17-18(10-16)28-13-27-17/h3-10,14,19H,11-13H2,1-2H3,(H,22,24)(H,23,25)/t19-/m0/s1. The van der Waals surface area contributed by atoms with Crippen LogP contribution in [0.1, 0.15) is 25.0 Å². The minimum Gasteiger partial charge on any atom is -0.454 e. The lowest BCUT2D eigenvalue weighted by Gasteiger charge is -2.21. The lowest BCUT2D eigenvalue weighted by Crippen LogP contribution is -2.49. The molecule has 0 unspecified atom stereocenters. The summed E-state index contributed by atoms with van der Waals surface area (Å²) in [7, 11) is 0. The fourth-order valence-corrected chi connectivity index (χ4v) is 2.78. The molecular formula is C21H24N2O5. The van der Waals surface area contributed by atoms with Gasteiger partial charge in [0.15, 0.2) is 11.5 Å². The number of carbonyl (C=O) groups is 2. The van der Waals surface area contributed by atoms with Crippen molar-refractivity contribution in [3.8, 4) is 11.5 Å². The molecule has 2 N–H and O–H groups in total. The molecule has 2 amide bonds. The molecule has 2 aromatic carbocycles. The molecule has 1 atom stereocenters. The first-order valence-corrected chi connectivity index (χ1v) is 9.16. The lowest BCUT2D eigenvalue weighted by molar-refractivity contribution is -0.124. The molecule has 2 aromatic rings. The Morgan fingerprint density at radius 3 is 2.54 bits per heavy atom. The predicted molar refractivity (Wildman–Crippen MR) is 103 cm³/mol. The summed E-state index contributed by atoms with van der Waals surface area (Å²) < 4.78 is 15.8. The molecule has 7 nitrogen and oxygen atoms in total. The maximum Gasteiger partial charge on any atom is 0.408 e. The van der Waals surface area contributed by atoms with E-state index in [9.17, 15) is 9.59 Å². The molecule has 148 valence electrons. The summed E-state index contributed by atoms with van der Waals surface area (Å²) in [5, 5.41) is 5.49. The molecule has 0 saturated carbocycles. The molecule has 0 saturated heterocycles. The molecule has 0 spiro atoms. The van der Waals surface area contributed by atoms with E-state index in [1.807, 2.05) is 62.4 Å². The van der Waals surface area contributed by atoms with Gasteiger partial charge in [0, 0.05) is 6.54 Å². The first kappa shape index (κ1) is 19.5. The minimum absolute atomic E-state index is 0.0963. The molecule has 0 radical (unpaired) electrons. The highest BCUT2D eigenvalue weighted by Crippen LogP contribution is 2.32. The summed E-state index contributed by atoms with van der Waals surface area (Å²) in [6.07, 6.45) is -0.624. The van der Waals surface area contributed by atoms with Gasteiger partial charge in [-0.2, -0.15) is 0 Å². The smallest absolute Gasteiger partial charge is 0.408 e. The second-order valence-electron chi connectivity index (χ2n) is 6.83. The van der Waals surface area contributed by atoms with Gasteiger partial charge in [-0.15, -0.1) is 0 Å². The van der Waals surface area contributed by atoms with E-state index in [0.717, 1.165) is 11.1 Å². The van der Waals surface area contributed by atoms with Crippen molar-refractivity contribution in [3.63, 3.8) is 0 Å². The third-order valence-corrected chi connectivity index (χ3v) is 4.34. The van der Waals surface area contributed by atoms with Crippen LogP contribution in [0.15, 0.2) is 48.5 Å². The van der Waals surface area contributed by atoms with Crippen LogP contribution in [0.25, 0.3) is 0 Å². The summed E-state index contributed by atoms with van der Waals surface area (Å²) in [4.78, 5) is 24.7. The van der Waals surface area contributed by atoms with E-state index in [1.54, 1.807) is 0 Å². The third-order valence-electron chi connectivity index (χ3n) is 4.34. The second kappa shape index (κ2) is 9.12. The van der Waals surface area contributed by atoms with Gasteiger partial charge in [0.1, 0.15) is 12.6 Å². The molecule has 0 aromatic heterocycles. The van der Waals surface area contributed by atoms with Crippen LogP contribution in [-0.4, -0.2) is 24.8 Å². The van der Waals surface area contributed by atoms with Gasteiger partial charge in [0.25, 0.3) is 0 Å². The zero-order chi connectivity index (χ0) is 19.9. The average molecular weight is 384 g/mol. The second-order valence-corrected chi connectivity index (χ2v) is 6.83. The lowest BCUT2D eigenvalue weighted by atomic mass is 10.0. The van der Waals surface area contributed by atoms with E-state index in [-0.39, 0.29) is 25.2 Å². The molecule has 0 aliphatic carbocycles. The molecular weight excluding hydrogens is 360 g/mol. The number of ether oxygens (including phenoxy) is 3. The van der Waals surface area contributed by atoms with Crippen molar-refractivity contribution in [1.82, 2.24) is 10.6 Å². The van der Waals surface area contributed by atoms with Gasteiger partial charge < -0.3 is 24.8 Å². The Balaban J connectivity index is 1.51. The van der Waals surface area contributed by atoms with Crippen molar-refractivity contribution >= 4 is 12.0 Å². The van der Waals surface area contributed by atoms with E-state index in [2.05, 4.69) is 10.6 Å². The molecule has 3 rings (SSSR count). The Morgan fingerprint density at radius 2 is 1.79 bits per heavy atom. The molecule has 28 heavy (non-hydrogen) atoms. The first-order chi connectivity index (χ1) is 13.5. The van der Waals surface area contributed by atoms with Crippen LogP contribution in [0, 0.1) is 5.92 Å². The Kier molecular flexibility index (Phi) is 6.37. The highest BCUT2D eigenvalue weighted by atomic mass is 16.7. The van der Waals surface area contributed by atoms with E-state index in [4.69, 9.17) is 14.2 Å². The van der Waals surface area contributed by atoms with Crippen molar-refractivity contribution in [2.75, 3.05) is 6.79 Å². The first-order valence-electron chi connectivity index (χ1n) is 9.16. The molecule has 0 fully saturated rings.